The number of rotatable bonds is 8. The van der Waals surface area contributed by atoms with Crippen LogP contribution in [0.4, 0.5) is 0 Å². The molecule has 4 atom stereocenters. The summed E-state index contributed by atoms with van der Waals surface area (Å²) in [4.78, 5) is 0. The van der Waals surface area contributed by atoms with E-state index in [1.54, 1.807) is 0 Å². The fourth-order valence-corrected chi connectivity index (χ4v) is 5.03. The van der Waals surface area contributed by atoms with E-state index in [1.807, 2.05) is 0 Å². The van der Waals surface area contributed by atoms with Crippen molar-refractivity contribution < 1.29 is 4.21 Å². The molecule has 0 saturated heterocycles. The van der Waals surface area contributed by atoms with E-state index in [0.29, 0.717) is 17.2 Å². The van der Waals surface area contributed by atoms with Crippen molar-refractivity contribution in [2.24, 2.45) is 11.8 Å². The van der Waals surface area contributed by atoms with Gasteiger partial charge in [0, 0.05) is 22.6 Å². The van der Waals surface area contributed by atoms with Gasteiger partial charge in [0.1, 0.15) is 0 Å². The van der Waals surface area contributed by atoms with Gasteiger partial charge >= 0.3 is 0 Å². The lowest BCUT2D eigenvalue weighted by atomic mass is 9.84. The van der Waals surface area contributed by atoms with Crippen molar-refractivity contribution in [3.63, 3.8) is 0 Å². The Morgan fingerprint density at radius 2 is 2.00 bits per heavy atom. The van der Waals surface area contributed by atoms with Gasteiger partial charge in [0.15, 0.2) is 0 Å². The van der Waals surface area contributed by atoms with Crippen LogP contribution in [0.3, 0.4) is 0 Å². The molecule has 1 saturated carbocycles. The van der Waals surface area contributed by atoms with Gasteiger partial charge in [0.2, 0.25) is 0 Å². The van der Waals surface area contributed by atoms with E-state index >= 15 is 0 Å². The Morgan fingerprint density at radius 3 is 2.58 bits per heavy atom. The van der Waals surface area contributed by atoms with Gasteiger partial charge in [-0.1, -0.05) is 34.1 Å². The quantitative estimate of drug-likeness (QED) is 0.737. The second-order valence-corrected chi connectivity index (χ2v) is 8.23. The predicted octanol–water partition coefficient (Wildman–Crippen LogP) is 3.73. The van der Waals surface area contributed by atoms with Gasteiger partial charge < -0.3 is 5.32 Å². The maximum absolute atomic E-state index is 12.6. The van der Waals surface area contributed by atoms with E-state index in [9.17, 15) is 4.21 Å². The Labute approximate surface area is 122 Å². The molecule has 1 aliphatic carbocycles. The first kappa shape index (κ1) is 17.2. The first-order valence-corrected chi connectivity index (χ1v) is 9.57. The molecule has 0 aromatic rings. The fraction of sp³-hybridized carbons (Fsp3) is 1.00. The molecule has 1 rings (SSSR count). The summed E-state index contributed by atoms with van der Waals surface area (Å²) in [5, 5.41) is 4.03. The standard InChI is InChI=1S/C16H33NOS/c1-5-10-17-15-8-7-14(6-2)12-16(15)19(18)11-9-13(3)4/h13-17H,5-12H2,1-4H3. The van der Waals surface area contributed by atoms with Crippen LogP contribution in [-0.2, 0) is 10.8 Å². The summed E-state index contributed by atoms with van der Waals surface area (Å²) in [7, 11) is -0.645. The molecule has 1 fully saturated rings. The highest BCUT2D eigenvalue weighted by atomic mass is 32.2. The molecular weight excluding hydrogens is 254 g/mol. The van der Waals surface area contributed by atoms with Crippen LogP contribution in [-0.4, -0.2) is 27.8 Å². The summed E-state index contributed by atoms with van der Waals surface area (Å²) < 4.78 is 12.6. The molecule has 0 aliphatic heterocycles. The van der Waals surface area contributed by atoms with Gasteiger partial charge in [-0.3, -0.25) is 4.21 Å². The lowest BCUT2D eigenvalue weighted by molar-refractivity contribution is 0.291. The summed E-state index contributed by atoms with van der Waals surface area (Å²) in [6.45, 7) is 9.99. The molecule has 0 spiro atoms. The van der Waals surface area contributed by atoms with Crippen LogP contribution in [0.5, 0.6) is 0 Å². The lowest BCUT2D eigenvalue weighted by Gasteiger charge is -2.36. The molecule has 114 valence electrons. The molecule has 0 heterocycles. The fourth-order valence-electron chi connectivity index (χ4n) is 2.94. The zero-order valence-electron chi connectivity index (χ0n) is 13.3. The van der Waals surface area contributed by atoms with Crippen LogP contribution in [0.1, 0.15) is 66.2 Å². The SMILES string of the molecule is CCCNC1CCC(CC)CC1S(=O)CCC(C)C. The second-order valence-electron chi connectivity index (χ2n) is 6.45. The Morgan fingerprint density at radius 1 is 1.26 bits per heavy atom. The average molecular weight is 288 g/mol. The molecule has 1 N–H and O–H groups in total. The first-order chi connectivity index (χ1) is 9.08. The topological polar surface area (TPSA) is 29.1 Å². The Hall–Kier alpha value is 0.110. The summed E-state index contributed by atoms with van der Waals surface area (Å²) in [5.41, 5.74) is 0. The maximum Gasteiger partial charge on any atom is 0.0503 e. The Kier molecular flexibility index (Phi) is 8.24. The summed E-state index contributed by atoms with van der Waals surface area (Å²) in [6.07, 6.45) is 7.22. The summed E-state index contributed by atoms with van der Waals surface area (Å²) in [6, 6.07) is 0.496. The molecule has 0 bridgehead atoms. The van der Waals surface area contributed by atoms with Gasteiger partial charge in [-0.2, -0.15) is 0 Å². The van der Waals surface area contributed by atoms with E-state index in [1.165, 1.54) is 32.1 Å². The maximum atomic E-state index is 12.6. The van der Waals surface area contributed by atoms with Gasteiger partial charge in [-0.05, 0) is 50.5 Å². The zero-order valence-corrected chi connectivity index (χ0v) is 14.1. The summed E-state index contributed by atoms with van der Waals surface area (Å²) >= 11 is 0. The van der Waals surface area contributed by atoms with E-state index in [4.69, 9.17) is 0 Å². The highest BCUT2D eigenvalue weighted by Crippen LogP contribution is 2.30. The predicted molar refractivity (Wildman–Crippen MR) is 86.0 cm³/mol. The molecule has 0 aromatic heterocycles. The van der Waals surface area contributed by atoms with Crippen molar-refractivity contribution in [3.05, 3.63) is 0 Å². The molecule has 19 heavy (non-hydrogen) atoms. The van der Waals surface area contributed by atoms with Gasteiger partial charge in [0.25, 0.3) is 0 Å². The normalized spacial score (nSPS) is 29.6. The summed E-state index contributed by atoms with van der Waals surface area (Å²) in [5.74, 6) is 2.35. The molecular formula is C16H33NOS. The minimum absolute atomic E-state index is 0.393. The third-order valence-corrected chi connectivity index (χ3v) is 6.20. The largest absolute Gasteiger partial charge is 0.313 e. The van der Waals surface area contributed by atoms with Crippen LogP contribution >= 0.6 is 0 Å². The van der Waals surface area contributed by atoms with Crippen molar-refractivity contribution >= 4 is 10.8 Å². The molecule has 4 unspecified atom stereocenters. The van der Waals surface area contributed by atoms with Crippen LogP contribution in [0.15, 0.2) is 0 Å². The van der Waals surface area contributed by atoms with E-state index in [-0.39, 0.29) is 0 Å². The van der Waals surface area contributed by atoms with E-state index < -0.39 is 10.8 Å². The molecule has 3 heteroatoms. The average Bonchev–Trinajstić information content (AvgIpc) is 2.42. The minimum Gasteiger partial charge on any atom is -0.313 e. The molecule has 0 radical (unpaired) electrons. The molecule has 1 aliphatic rings. The van der Waals surface area contributed by atoms with E-state index in [0.717, 1.165) is 24.6 Å². The molecule has 2 nitrogen and oxygen atoms in total. The number of hydrogen-bond acceptors (Lipinski definition) is 2. The van der Waals surface area contributed by atoms with Crippen LogP contribution in [0.2, 0.25) is 0 Å². The minimum atomic E-state index is -0.645. The zero-order chi connectivity index (χ0) is 14.3. The van der Waals surface area contributed by atoms with Crippen molar-refractivity contribution in [1.82, 2.24) is 5.32 Å². The van der Waals surface area contributed by atoms with Crippen molar-refractivity contribution in [2.75, 3.05) is 12.3 Å². The molecule has 0 aromatic carbocycles. The van der Waals surface area contributed by atoms with Crippen molar-refractivity contribution in [3.8, 4) is 0 Å². The third kappa shape index (κ3) is 5.95. The Bertz CT molecular complexity index is 267. The van der Waals surface area contributed by atoms with Crippen molar-refractivity contribution in [2.45, 2.75) is 77.5 Å². The Balaban J connectivity index is 2.56. The van der Waals surface area contributed by atoms with Crippen LogP contribution in [0, 0.1) is 11.8 Å². The number of nitrogens with one attached hydrogen (secondary N) is 1. The smallest absolute Gasteiger partial charge is 0.0503 e. The van der Waals surface area contributed by atoms with E-state index in [2.05, 4.69) is 33.0 Å². The number of hydrogen-bond donors (Lipinski definition) is 1. The highest BCUT2D eigenvalue weighted by molar-refractivity contribution is 7.85. The van der Waals surface area contributed by atoms with Crippen LogP contribution in [0.25, 0.3) is 0 Å². The van der Waals surface area contributed by atoms with Gasteiger partial charge in [-0.15, -0.1) is 0 Å². The molecule has 0 amide bonds. The first-order valence-electron chi connectivity index (χ1n) is 8.19. The van der Waals surface area contributed by atoms with Crippen LogP contribution < -0.4 is 5.32 Å². The monoisotopic (exact) mass is 287 g/mol. The lowest BCUT2D eigenvalue weighted by Crippen LogP contribution is -2.47. The van der Waals surface area contributed by atoms with Gasteiger partial charge in [0.05, 0.1) is 5.25 Å². The highest BCUT2D eigenvalue weighted by Gasteiger charge is 2.33. The third-order valence-electron chi connectivity index (χ3n) is 4.37. The van der Waals surface area contributed by atoms with Crippen molar-refractivity contribution in [1.29, 1.82) is 0 Å². The second kappa shape index (κ2) is 9.12. The van der Waals surface area contributed by atoms with Gasteiger partial charge in [-0.25, -0.2) is 0 Å².